The highest BCUT2D eigenvalue weighted by molar-refractivity contribution is 7.92. The molecule has 0 aromatic carbocycles. The molecular formula is C10H17NO4S. The maximum absolute atomic E-state index is 11.9. The van der Waals surface area contributed by atoms with Gasteiger partial charge in [-0.3, -0.25) is 4.79 Å². The highest BCUT2D eigenvalue weighted by atomic mass is 32.2. The van der Waals surface area contributed by atoms with Gasteiger partial charge in [0.25, 0.3) is 0 Å². The first kappa shape index (κ1) is 13.2. The summed E-state index contributed by atoms with van der Waals surface area (Å²) in [6.45, 7) is 6.68. The zero-order valence-electron chi connectivity index (χ0n) is 9.39. The lowest BCUT2D eigenvalue weighted by Gasteiger charge is -2.28. The van der Waals surface area contributed by atoms with Gasteiger partial charge in [-0.15, -0.1) is 6.58 Å². The highest BCUT2D eigenvalue weighted by Gasteiger charge is 2.31. The molecule has 1 aliphatic rings. The van der Waals surface area contributed by atoms with Crippen LogP contribution in [0.3, 0.4) is 0 Å². The summed E-state index contributed by atoms with van der Waals surface area (Å²) in [5.41, 5.74) is 0. The third-order valence-electron chi connectivity index (χ3n) is 2.56. The van der Waals surface area contributed by atoms with Gasteiger partial charge in [0.1, 0.15) is 5.25 Å². The molecule has 92 valence electrons. The van der Waals surface area contributed by atoms with Gasteiger partial charge in [0.05, 0.1) is 19.0 Å². The average Bonchev–Trinajstić information content (AvgIpc) is 2.28. The lowest BCUT2D eigenvalue weighted by atomic mass is 10.3. The lowest BCUT2D eigenvalue weighted by molar-refractivity contribution is -0.134. The molecule has 1 heterocycles. The molecule has 6 heteroatoms. The molecule has 16 heavy (non-hydrogen) atoms. The van der Waals surface area contributed by atoms with E-state index in [4.69, 9.17) is 4.74 Å². The van der Waals surface area contributed by atoms with Gasteiger partial charge in [-0.2, -0.15) is 0 Å². The summed E-state index contributed by atoms with van der Waals surface area (Å²) >= 11 is 0. The summed E-state index contributed by atoms with van der Waals surface area (Å²) in [5, 5.41) is -0.997. The fourth-order valence-electron chi connectivity index (χ4n) is 1.50. The minimum atomic E-state index is -3.41. The van der Waals surface area contributed by atoms with Crippen molar-refractivity contribution >= 4 is 15.7 Å². The molecule has 0 aromatic rings. The van der Waals surface area contributed by atoms with Crippen LogP contribution < -0.4 is 0 Å². The summed E-state index contributed by atoms with van der Waals surface area (Å²) in [6, 6.07) is 0. The Balaban J connectivity index is 2.69. The van der Waals surface area contributed by atoms with E-state index < -0.39 is 15.1 Å². The average molecular weight is 247 g/mol. The summed E-state index contributed by atoms with van der Waals surface area (Å²) in [6.07, 6.45) is 1.30. The van der Waals surface area contributed by atoms with E-state index >= 15 is 0 Å². The van der Waals surface area contributed by atoms with Crippen LogP contribution in [0.25, 0.3) is 0 Å². The fourth-order valence-corrected chi connectivity index (χ4v) is 2.58. The Labute approximate surface area is 96.0 Å². The number of hydrogen-bond donors (Lipinski definition) is 0. The monoisotopic (exact) mass is 247 g/mol. The molecule has 1 amide bonds. The van der Waals surface area contributed by atoms with Gasteiger partial charge in [0, 0.05) is 13.1 Å². The van der Waals surface area contributed by atoms with Crippen molar-refractivity contribution in [2.75, 3.05) is 32.1 Å². The molecule has 1 fully saturated rings. The third kappa shape index (κ3) is 3.05. The van der Waals surface area contributed by atoms with Crippen LogP contribution in [0.5, 0.6) is 0 Å². The quantitative estimate of drug-likeness (QED) is 0.647. The number of amides is 1. The Kier molecular flexibility index (Phi) is 4.49. The first-order valence-corrected chi connectivity index (χ1v) is 6.89. The number of rotatable bonds is 4. The van der Waals surface area contributed by atoms with Crippen LogP contribution in [0.1, 0.15) is 6.92 Å². The second kappa shape index (κ2) is 5.45. The maximum Gasteiger partial charge on any atom is 0.240 e. The van der Waals surface area contributed by atoms with Crippen molar-refractivity contribution in [2.45, 2.75) is 12.2 Å². The molecule has 1 unspecified atom stereocenters. The van der Waals surface area contributed by atoms with Crippen LogP contribution in [0.4, 0.5) is 0 Å². The summed E-state index contributed by atoms with van der Waals surface area (Å²) in [7, 11) is -3.41. The fraction of sp³-hybridized carbons (Fsp3) is 0.700. The smallest absolute Gasteiger partial charge is 0.240 e. The number of ether oxygens (including phenoxy) is 1. The summed E-state index contributed by atoms with van der Waals surface area (Å²) in [5.74, 6) is -0.505. The van der Waals surface area contributed by atoms with E-state index in [2.05, 4.69) is 6.58 Å². The topological polar surface area (TPSA) is 63.7 Å². The van der Waals surface area contributed by atoms with Gasteiger partial charge in [0.15, 0.2) is 9.84 Å². The van der Waals surface area contributed by atoms with Crippen molar-refractivity contribution in [3.63, 3.8) is 0 Å². The molecule has 0 bridgehead atoms. The van der Waals surface area contributed by atoms with Crippen LogP contribution >= 0.6 is 0 Å². The molecule has 0 radical (unpaired) electrons. The minimum Gasteiger partial charge on any atom is -0.378 e. The van der Waals surface area contributed by atoms with Crippen LogP contribution in [-0.2, 0) is 19.4 Å². The van der Waals surface area contributed by atoms with Gasteiger partial charge in [-0.1, -0.05) is 6.08 Å². The number of hydrogen-bond acceptors (Lipinski definition) is 4. The molecule has 0 spiro atoms. The number of nitrogens with zero attached hydrogens (tertiary/aromatic N) is 1. The molecule has 1 saturated heterocycles. The van der Waals surface area contributed by atoms with Crippen LogP contribution in [0.2, 0.25) is 0 Å². The van der Waals surface area contributed by atoms with Gasteiger partial charge in [0.2, 0.25) is 5.91 Å². The molecule has 0 aromatic heterocycles. The first-order valence-electron chi connectivity index (χ1n) is 5.18. The normalized spacial score (nSPS) is 19.2. The standard InChI is InChI=1S/C10H17NO4S/c1-3-8-16(13,14)9(2)10(12)11-4-6-15-7-5-11/h3,9H,1,4-8H2,2H3. The van der Waals surface area contributed by atoms with E-state index in [1.54, 1.807) is 0 Å². The van der Waals surface area contributed by atoms with Crippen LogP contribution in [0, 0.1) is 0 Å². The molecule has 1 rings (SSSR count). The molecule has 1 atom stereocenters. The largest absolute Gasteiger partial charge is 0.378 e. The van der Waals surface area contributed by atoms with Crippen LogP contribution in [0.15, 0.2) is 12.7 Å². The van der Waals surface area contributed by atoms with Crippen molar-refractivity contribution in [1.82, 2.24) is 4.90 Å². The zero-order chi connectivity index (χ0) is 12.2. The Morgan fingerprint density at radius 1 is 1.50 bits per heavy atom. The van der Waals surface area contributed by atoms with Crippen molar-refractivity contribution in [3.05, 3.63) is 12.7 Å². The molecule has 0 aliphatic carbocycles. The summed E-state index contributed by atoms with van der Waals surface area (Å²) < 4.78 is 28.4. The van der Waals surface area contributed by atoms with Crippen molar-refractivity contribution in [1.29, 1.82) is 0 Å². The van der Waals surface area contributed by atoms with Crippen molar-refractivity contribution in [2.24, 2.45) is 0 Å². The predicted octanol–water partition coefficient (Wildman–Crippen LogP) is -0.165. The summed E-state index contributed by atoms with van der Waals surface area (Å²) in [4.78, 5) is 13.4. The first-order chi connectivity index (χ1) is 7.49. The van der Waals surface area contributed by atoms with Gasteiger partial charge in [-0.25, -0.2) is 8.42 Å². The highest BCUT2D eigenvalue weighted by Crippen LogP contribution is 2.08. The number of morpholine rings is 1. The molecule has 0 saturated carbocycles. The van der Waals surface area contributed by atoms with E-state index in [1.165, 1.54) is 17.9 Å². The van der Waals surface area contributed by atoms with E-state index in [-0.39, 0.29) is 11.7 Å². The van der Waals surface area contributed by atoms with Crippen LogP contribution in [-0.4, -0.2) is 56.5 Å². The second-order valence-corrected chi connectivity index (χ2v) is 6.06. The Hall–Kier alpha value is -0.880. The van der Waals surface area contributed by atoms with E-state index in [9.17, 15) is 13.2 Å². The number of sulfone groups is 1. The number of carbonyl (C=O) groups excluding carboxylic acids is 1. The van der Waals surface area contributed by atoms with Gasteiger partial charge >= 0.3 is 0 Å². The second-order valence-electron chi connectivity index (χ2n) is 3.70. The van der Waals surface area contributed by atoms with Crippen molar-refractivity contribution in [3.8, 4) is 0 Å². The van der Waals surface area contributed by atoms with E-state index in [0.717, 1.165) is 0 Å². The predicted molar refractivity (Wildman–Crippen MR) is 60.8 cm³/mol. The Bertz CT molecular complexity index is 357. The molecule has 5 nitrogen and oxygen atoms in total. The Morgan fingerprint density at radius 2 is 2.06 bits per heavy atom. The Morgan fingerprint density at radius 3 is 2.56 bits per heavy atom. The lowest BCUT2D eigenvalue weighted by Crippen LogP contribution is -2.47. The van der Waals surface area contributed by atoms with Gasteiger partial charge < -0.3 is 9.64 Å². The third-order valence-corrected chi connectivity index (χ3v) is 4.54. The molecule has 1 aliphatic heterocycles. The molecular weight excluding hydrogens is 230 g/mol. The number of carbonyl (C=O) groups is 1. The van der Waals surface area contributed by atoms with Gasteiger partial charge in [-0.05, 0) is 6.92 Å². The SMILES string of the molecule is C=CCS(=O)(=O)C(C)C(=O)N1CCOCC1. The van der Waals surface area contributed by atoms with E-state index in [0.29, 0.717) is 26.3 Å². The van der Waals surface area contributed by atoms with Crippen molar-refractivity contribution < 1.29 is 17.9 Å². The minimum absolute atomic E-state index is 0.162. The molecule has 0 N–H and O–H groups in total. The van der Waals surface area contributed by atoms with E-state index in [1.807, 2.05) is 0 Å². The zero-order valence-corrected chi connectivity index (χ0v) is 10.2. The maximum atomic E-state index is 11.9.